The van der Waals surface area contributed by atoms with E-state index in [-0.39, 0.29) is 0 Å². The molecule has 5 heterocycles. The van der Waals surface area contributed by atoms with E-state index < -0.39 is 161 Å². The highest BCUT2D eigenvalue weighted by Gasteiger charge is 2.69. The van der Waals surface area contributed by atoms with Crippen LogP contribution < -0.4 is 16.0 Å². The van der Waals surface area contributed by atoms with E-state index in [2.05, 4.69) is 16.0 Å². The van der Waals surface area contributed by atoms with Crippen molar-refractivity contribution in [2.24, 2.45) is 0 Å². The Morgan fingerprint density at radius 1 is 0.627 bits per heavy atom. The Morgan fingerprint density at radius 3 is 1.75 bits per heavy atom. The number of rotatable bonds is 12. The lowest BCUT2D eigenvalue weighted by atomic mass is 9.94. The van der Waals surface area contributed by atoms with Gasteiger partial charge < -0.3 is 100.0 Å². The normalized spacial score (nSPS) is 49.9. The van der Waals surface area contributed by atoms with E-state index >= 15 is 0 Å². The van der Waals surface area contributed by atoms with Gasteiger partial charge in [-0.1, -0.05) is 0 Å². The van der Waals surface area contributed by atoms with Crippen LogP contribution in [0.3, 0.4) is 0 Å². The van der Waals surface area contributed by atoms with Gasteiger partial charge in [0, 0.05) is 13.8 Å². The molecule has 0 aliphatic carbocycles. The quantitative estimate of drug-likeness (QED) is 0.0824. The van der Waals surface area contributed by atoms with Crippen molar-refractivity contribution in [3.63, 3.8) is 0 Å². The van der Waals surface area contributed by atoms with Crippen molar-refractivity contribution in [2.75, 3.05) is 26.4 Å². The number of ether oxygens (including phenoxy) is 7. The molecule has 51 heavy (non-hydrogen) atoms. The van der Waals surface area contributed by atoms with Crippen LogP contribution in [0.2, 0.25) is 0 Å². The minimum Gasteiger partial charge on any atom is -0.394 e. The second-order valence-electron chi connectivity index (χ2n) is 13.1. The van der Waals surface area contributed by atoms with E-state index in [1.54, 1.807) is 0 Å². The van der Waals surface area contributed by atoms with Gasteiger partial charge in [-0.15, -0.1) is 0 Å². The number of carbonyl (C=O) groups excluding carboxylic acids is 2. The number of aliphatic hydroxyl groups is 11. The third-order valence-electron chi connectivity index (χ3n) is 9.47. The molecule has 23 nitrogen and oxygen atoms in total. The van der Waals surface area contributed by atoms with Crippen molar-refractivity contribution in [2.45, 2.75) is 136 Å². The third kappa shape index (κ3) is 8.02. The molecule has 5 aliphatic rings. The van der Waals surface area contributed by atoms with Gasteiger partial charge in [0.1, 0.15) is 97.7 Å². The summed E-state index contributed by atoms with van der Waals surface area (Å²) in [6.07, 6.45) is -29.1. The first-order valence-corrected chi connectivity index (χ1v) is 16.2. The van der Waals surface area contributed by atoms with Crippen LogP contribution in [0.4, 0.5) is 0 Å². The van der Waals surface area contributed by atoms with E-state index in [0.29, 0.717) is 0 Å². The lowest BCUT2D eigenvalue weighted by Gasteiger charge is -2.48. The number of fused-ring (bicyclic) bond motifs is 1. The van der Waals surface area contributed by atoms with Gasteiger partial charge in [-0.25, -0.2) is 0 Å². The van der Waals surface area contributed by atoms with Crippen molar-refractivity contribution in [3.05, 3.63) is 0 Å². The van der Waals surface area contributed by atoms with Gasteiger partial charge in [-0.05, 0) is 0 Å². The lowest BCUT2D eigenvalue weighted by Crippen LogP contribution is -2.69. The average molecular weight is 746 g/mol. The summed E-state index contributed by atoms with van der Waals surface area (Å²) in [5, 5.41) is 122. The molecule has 0 spiro atoms. The molecular weight excluding hydrogens is 698 g/mol. The van der Waals surface area contributed by atoms with Crippen LogP contribution in [0.15, 0.2) is 0 Å². The van der Waals surface area contributed by atoms with Gasteiger partial charge in [0.2, 0.25) is 11.8 Å². The summed E-state index contributed by atoms with van der Waals surface area (Å²) < 4.78 is 39.6. The van der Waals surface area contributed by atoms with Crippen molar-refractivity contribution in [1.29, 1.82) is 0 Å². The van der Waals surface area contributed by atoms with E-state index in [9.17, 15) is 65.8 Å². The fraction of sp³-hybridized carbons (Fsp3) is 0.929. The highest BCUT2D eigenvalue weighted by atomic mass is 16.8. The Hall–Kier alpha value is -1.82. The van der Waals surface area contributed by atoms with Crippen LogP contribution in [-0.2, 0) is 42.7 Å². The maximum absolute atomic E-state index is 12.2. The molecule has 0 unspecified atom stereocenters. The molecular formula is C28H47N3O20. The molecule has 294 valence electrons. The second kappa shape index (κ2) is 16.3. The molecule has 0 aromatic heterocycles. The Bertz CT molecular complexity index is 1210. The Balaban J connectivity index is 1.30. The summed E-state index contributed by atoms with van der Waals surface area (Å²) in [6.45, 7) is -0.671. The summed E-state index contributed by atoms with van der Waals surface area (Å²) in [6, 6.07) is -1.52. The Kier molecular flexibility index (Phi) is 12.9. The first-order chi connectivity index (χ1) is 24.1. The lowest BCUT2D eigenvalue weighted by molar-refractivity contribution is -0.362. The molecule has 0 saturated carbocycles. The molecule has 0 radical (unpaired) electrons. The maximum Gasteiger partial charge on any atom is 0.218 e. The predicted molar refractivity (Wildman–Crippen MR) is 157 cm³/mol. The maximum atomic E-state index is 12.2. The predicted octanol–water partition coefficient (Wildman–Crippen LogP) is -9.52. The van der Waals surface area contributed by atoms with Crippen molar-refractivity contribution >= 4 is 11.8 Å². The molecule has 20 atom stereocenters. The number of amides is 2. The first-order valence-electron chi connectivity index (χ1n) is 16.2. The van der Waals surface area contributed by atoms with Crippen LogP contribution in [0.1, 0.15) is 13.8 Å². The van der Waals surface area contributed by atoms with Crippen LogP contribution in [0.5, 0.6) is 0 Å². The molecule has 5 aliphatic heterocycles. The van der Waals surface area contributed by atoms with Gasteiger partial charge in [0.25, 0.3) is 0 Å². The summed E-state index contributed by atoms with van der Waals surface area (Å²) in [4.78, 5) is 24.1. The fourth-order valence-electron chi connectivity index (χ4n) is 6.66. The largest absolute Gasteiger partial charge is 0.394 e. The van der Waals surface area contributed by atoms with Crippen LogP contribution in [0, 0.1) is 0 Å². The summed E-state index contributed by atoms with van der Waals surface area (Å²) in [5.41, 5.74) is -1.48. The fourth-order valence-corrected chi connectivity index (χ4v) is 6.66. The van der Waals surface area contributed by atoms with E-state index in [0.717, 1.165) is 6.92 Å². The zero-order valence-corrected chi connectivity index (χ0v) is 27.4. The number of hydrogen-bond donors (Lipinski definition) is 14. The molecule has 0 aromatic carbocycles. The minimum absolute atomic E-state index is 0.526. The van der Waals surface area contributed by atoms with Gasteiger partial charge >= 0.3 is 0 Å². The Labute approximate surface area is 289 Å². The van der Waals surface area contributed by atoms with Crippen LogP contribution in [0.25, 0.3) is 0 Å². The van der Waals surface area contributed by atoms with E-state index in [1.807, 2.05) is 0 Å². The minimum atomic E-state index is -1.98. The summed E-state index contributed by atoms with van der Waals surface area (Å²) in [5.74, 6) is -1.23. The van der Waals surface area contributed by atoms with Gasteiger partial charge in [0.05, 0.1) is 26.4 Å². The average Bonchev–Trinajstić information content (AvgIpc) is 3.80. The smallest absolute Gasteiger partial charge is 0.218 e. The molecule has 2 amide bonds. The number of aliphatic hydroxyl groups excluding tert-OH is 11. The first kappa shape index (κ1) is 40.4. The number of carbonyl (C=O) groups is 2. The van der Waals surface area contributed by atoms with Gasteiger partial charge in [-0.3, -0.25) is 14.9 Å². The topological polar surface area (TPSA) is 367 Å². The third-order valence-corrected chi connectivity index (χ3v) is 9.47. The summed E-state index contributed by atoms with van der Waals surface area (Å²) >= 11 is 0. The second-order valence-corrected chi connectivity index (χ2v) is 13.1. The van der Waals surface area contributed by atoms with Gasteiger partial charge in [-0.2, -0.15) is 0 Å². The van der Waals surface area contributed by atoms with Gasteiger partial charge in [0.15, 0.2) is 24.5 Å². The molecule has 5 saturated heterocycles. The molecule has 5 fully saturated rings. The zero-order valence-electron chi connectivity index (χ0n) is 27.4. The summed E-state index contributed by atoms with van der Waals surface area (Å²) in [7, 11) is 0. The molecule has 23 heteroatoms. The van der Waals surface area contributed by atoms with Crippen molar-refractivity contribution in [3.8, 4) is 0 Å². The van der Waals surface area contributed by atoms with E-state index in [4.69, 9.17) is 33.2 Å². The molecule has 0 bridgehead atoms. The van der Waals surface area contributed by atoms with Crippen LogP contribution >= 0.6 is 0 Å². The van der Waals surface area contributed by atoms with Crippen LogP contribution in [-0.4, -0.2) is 217 Å². The molecule has 14 N–H and O–H groups in total. The zero-order chi connectivity index (χ0) is 37.5. The SMILES string of the molecule is CC(=O)N[C@H]1[C@H](O[C@@H]2[C@@H](CO)O[C@@H]3N[C@@]3(NC(C)=O)[C@H]2O)O[C@H](CO)[C@@H](O[C@@H]2O[C@H](CO[C@@H]3O[C@H](CO)[C@@H](O)[C@H](O)[C@@H]3O)[C@@H](O)[C@H](O)[C@@H]2O)[C@@H]1O. The van der Waals surface area contributed by atoms with Crippen molar-refractivity contribution in [1.82, 2.24) is 16.0 Å². The molecule has 0 aromatic rings. The Morgan fingerprint density at radius 2 is 1.16 bits per heavy atom. The highest BCUT2D eigenvalue weighted by Crippen LogP contribution is 2.40. The standard InChI is InChI=1S/C28H47N3O20/c1-7(35)29-13-16(39)21(10(4-33)47-24(13)51-22-11(5-34)49-27-28(31-27,23(22)44)30-8(2)36)50-26-20(43)18(41)15(38)12(48-26)6-45-25-19(42)17(40)14(37)9(3-32)46-25/h9-27,31-34,37-44H,3-6H2,1-2H3,(H,29,35)(H,30,36)/t9-,10-,11-,12-,13-,14-,15-,16-,17+,18+,19+,20+,21-,22-,23+,24+,25-,26+,27+,28+/m1/s1. The van der Waals surface area contributed by atoms with E-state index in [1.165, 1.54) is 6.92 Å². The highest BCUT2D eigenvalue weighted by molar-refractivity contribution is 5.74. The number of hydrogen-bond acceptors (Lipinski definition) is 21. The molecule has 5 rings (SSSR count). The monoisotopic (exact) mass is 745 g/mol. The van der Waals surface area contributed by atoms with Crippen molar-refractivity contribution < 1.29 is 98.9 Å². The number of nitrogens with one attached hydrogen (secondary N) is 3.